The minimum Gasteiger partial charge on any atom is -0.497 e. The molecule has 138 valence electrons. The highest BCUT2D eigenvalue weighted by atomic mass is 16.5. The summed E-state index contributed by atoms with van der Waals surface area (Å²) in [7, 11) is 1.71. The van der Waals surface area contributed by atoms with Gasteiger partial charge in [0, 0.05) is 44.3 Å². The van der Waals surface area contributed by atoms with Crippen molar-refractivity contribution in [2.24, 2.45) is 5.41 Å². The highest BCUT2D eigenvalue weighted by Crippen LogP contribution is 2.35. The maximum Gasteiger partial charge on any atom is 0.128 e. The van der Waals surface area contributed by atoms with E-state index in [4.69, 9.17) is 9.47 Å². The van der Waals surface area contributed by atoms with E-state index in [1.165, 1.54) is 5.56 Å². The Morgan fingerprint density at radius 1 is 1.12 bits per heavy atom. The monoisotopic (exact) mass is 353 g/mol. The zero-order valence-electron chi connectivity index (χ0n) is 15.4. The summed E-state index contributed by atoms with van der Waals surface area (Å²) in [5, 5.41) is 0. The minimum absolute atomic E-state index is 0.195. The molecule has 2 aromatic rings. The summed E-state index contributed by atoms with van der Waals surface area (Å²) in [5.74, 6) is 1.99. The quantitative estimate of drug-likeness (QED) is 0.845. The van der Waals surface area contributed by atoms with Gasteiger partial charge in [-0.1, -0.05) is 18.2 Å². The van der Waals surface area contributed by atoms with E-state index >= 15 is 0 Å². The molecular weight excluding hydrogens is 326 g/mol. The van der Waals surface area contributed by atoms with Gasteiger partial charge in [-0.2, -0.15) is 0 Å². The first-order chi connectivity index (χ1) is 12.8. The summed E-state index contributed by atoms with van der Waals surface area (Å²) >= 11 is 0. The van der Waals surface area contributed by atoms with Crippen molar-refractivity contribution < 1.29 is 9.47 Å². The fraction of sp³-hybridized carbons (Fsp3) is 0.476. The fourth-order valence-electron chi connectivity index (χ4n) is 4.12. The topological polar surface area (TPSA) is 37.8 Å². The molecule has 0 aliphatic carbocycles. The lowest BCUT2D eigenvalue weighted by atomic mass is 9.87. The van der Waals surface area contributed by atoms with Crippen LogP contribution in [-0.4, -0.2) is 56.4 Å². The van der Waals surface area contributed by atoms with Crippen molar-refractivity contribution >= 4 is 5.82 Å². The molecule has 1 atom stereocenters. The van der Waals surface area contributed by atoms with E-state index in [9.17, 15) is 0 Å². The van der Waals surface area contributed by atoms with Gasteiger partial charge in [-0.3, -0.25) is 4.90 Å². The van der Waals surface area contributed by atoms with E-state index in [1.54, 1.807) is 7.11 Å². The molecule has 2 aliphatic rings. The van der Waals surface area contributed by atoms with Crippen LogP contribution >= 0.6 is 0 Å². The van der Waals surface area contributed by atoms with Gasteiger partial charge in [0.1, 0.15) is 11.6 Å². The molecule has 1 unspecified atom stereocenters. The molecule has 0 bridgehead atoms. The van der Waals surface area contributed by atoms with Crippen molar-refractivity contribution in [3.63, 3.8) is 0 Å². The number of hydrogen-bond donors (Lipinski definition) is 0. The molecule has 0 radical (unpaired) electrons. The van der Waals surface area contributed by atoms with Crippen LogP contribution in [0.1, 0.15) is 12.0 Å². The first-order valence-electron chi connectivity index (χ1n) is 9.35. The number of anilines is 1. The van der Waals surface area contributed by atoms with Gasteiger partial charge in [0.15, 0.2) is 0 Å². The average Bonchev–Trinajstić information content (AvgIpc) is 3.00. The van der Waals surface area contributed by atoms with Crippen LogP contribution in [0.15, 0.2) is 48.7 Å². The molecule has 2 saturated heterocycles. The Morgan fingerprint density at radius 2 is 2.00 bits per heavy atom. The van der Waals surface area contributed by atoms with Crippen LogP contribution in [0.4, 0.5) is 5.82 Å². The van der Waals surface area contributed by atoms with Gasteiger partial charge in [-0.25, -0.2) is 4.98 Å². The Bertz CT molecular complexity index is 707. The lowest BCUT2D eigenvalue weighted by Crippen LogP contribution is -2.40. The first kappa shape index (κ1) is 17.3. The predicted molar refractivity (Wildman–Crippen MR) is 103 cm³/mol. The van der Waals surface area contributed by atoms with Crippen molar-refractivity contribution in [3.05, 3.63) is 54.2 Å². The Hall–Kier alpha value is -2.11. The van der Waals surface area contributed by atoms with Crippen molar-refractivity contribution in [2.75, 3.05) is 51.4 Å². The zero-order chi connectivity index (χ0) is 17.8. The van der Waals surface area contributed by atoms with Crippen molar-refractivity contribution in [2.45, 2.75) is 13.0 Å². The summed E-state index contributed by atoms with van der Waals surface area (Å²) in [6.45, 7) is 6.73. The second-order valence-corrected chi connectivity index (χ2v) is 7.47. The van der Waals surface area contributed by atoms with Crippen LogP contribution in [0.2, 0.25) is 0 Å². The number of pyridine rings is 1. The number of benzene rings is 1. The molecule has 1 aromatic carbocycles. The highest BCUT2D eigenvalue weighted by molar-refractivity contribution is 5.40. The lowest BCUT2D eigenvalue weighted by molar-refractivity contribution is 0.0798. The van der Waals surface area contributed by atoms with Crippen LogP contribution in [0, 0.1) is 5.41 Å². The second-order valence-electron chi connectivity index (χ2n) is 7.47. The van der Waals surface area contributed by atoms with E-state index in [2.05, 4.69) is 39.0 Å². The Balaban J connectivity index is 1.44. The number of nitrogens with zero attached hydrogens (tertiary/aromatic N) is 3. The second kappa shape index (κ2) is 7.64. The third-order valence-corrected chi connectivity index (χ3v) is 5.50. The Labute approximate surface area is 155 Å². The van der Waals surface area contributed by atoms with Crippen molar-refractivity contribution in [3.8, 4) is 5.75 Å². The largest absolute Gasteiger partial charge is 0.497 e. The van der Waals surface area contributed by atoms with Gasteiger partial charge in [0.25, 0.3) is 0 Å². The molecule has 0 N–H and O–H groups in total. The molecular formula is C21H27N3O2. The summed E-state index contributed by atoms with van der Waals surface area (Å²) in [6.07, 6.45) is 3.03. The number of ether oxygens (including phenoxy) is 2. The van der Waals surface area contributed by atoms with Crippen LogP contribution in [-0.2, 0) is 11.3 Å². The maximum absolute atomic E-state index is 6.01. The third kappa shape index (κ3) is 3.84. The smallest absolute Gasteiger partial charge is 0.128 e. The van der Waals surface area contributed by atoms with Gasteiger partial charge in [0.05, 0.1) is 20.3 Å². The van der Waals surface area contributed by atoms with Crippen LogP contribution in [0.5, 0.6) is 5.75 Å². The van der Waals surface area contributed by atoms with E-state index in [0.717, 1.165) is 63.9 Å². The summed E-state index contributed by atoms with van der Waals surface area (Å²) in [4.78, 5) is 9.47. The number of methoxy groups -OCH3 is 1. The Kier molecular flexibility index (Phi) is 5.09. The Morgan fingerprint density at radius 3 is 2.77 bits per heavy atom. The lowest BCUT2D eigenvalue weighted by Gasteiger charge is -2.32. The zero-order valence-corrected chi connectivity index (χ0v) is 15.4. The minimum atomic E-state index is 0.195. The van der Waals surface area contributed by atoms with Crippen LogP contribution in [0.25, 0.3) is 0 Å². The predicted octanol–water partition coefficient (Wildman–Crippen LogP) is 2.82. The van der Waals surface area contributed by atoms with Gasteiger partial charge < -0.3 is 14.4 Å². The van der Waals surface area contributed by atoms with Crippen molar-refractivity contribution in [1.29, 1.82) is 0 Å². The third-order valence-electron chi connectivity index (χ3n) is 5.50. The summed E-state index contributed by atoms with van der Waals surface area (Å²) in [6, 6.07) is 14.5. The van der Waals surface area contributed by atoms with Gasteiger partial charge >= 0.3 is 0 Å². The molecule has 5 heteroatoms. The van der Waals surface area contributed by atoms with Crippen LogP contribution in [0.3, 0.4) is 0 Å². The molecule has 0 amide bonds. The highest BCUT2D eigenvalue weighted by Gasteiger charge is 2.41. The summed E-state index contributed by atoms with van der Waals surface area (Å²) < 4.78 is 11.3. The number of rotatable bonds is 4. The molecule has 0 saturated carbocycles. The SMILES string of the molecule is COc1ccc(CN2CCOCC3(CCN(c4ccccn4)C3)C2)cc1. The molecule has 5 nitrogen and oxygen atoms in total. The molecule has 3 heterocycles. The average molecular weight is 353 g/mol. The molecule has 4 rings (SSSR count). The normalized spacial score (nSPS) is 24.0. The van der Waals surface area contributed by atoms with E-state index < -0.39 is 0 Å². The molecule has 1 aromatic heterocycles. The number of hydrogen-bond acceptors (Lipinski definition) is 5. The number of aromatic nitrogens is 1. The van der Waals surface area contributed by atoms with E-state index in [0.29, 0.717) is 0 Å². The van der Waals surface area contributed by atoms with Gasteiger partial charge in [0.2, 0.25) is 0 Å². The maximum atomic E-state index is 6.01. The first-order valence-corrected chi connectivity index (χ1v) is 9.35. The molecule has 2 aliphatic heterocycles. The standard InChI is InChI=1S/C21H27N3O2/c1-25-19-7-5-18(6-8-19)14-23-12-13-26-17-21(15-23)9-11-24(16-21)20-4-2-3-10-22-20/h2-8,10H,9,11-17H2,1H3. The van der Waals surface area contributed by atoms with E-state index in [-0.39, 0.29) is 5.41 Å². The molecule has 1 spiro atoms. The van der Waals surface area contributed by atoms with Crippen molar-refractivity contribution in [1.82, 2.24) is 9.88 Å². The van der Waals surface area contributed by atoms with E-state index in [1.807, 2.05) is 24.4 Å². The molecule has 26 heavy (non-hydrogen) atoms. The fourth-order valence-corrected chi connectivity index (χ4v) is 4.12. The summed E-state index contributed by atoms with van der Waals surface area (Å²) in [5.41, 5.74) is 1.52. The molecule has 2 fully saturated rings. The van der Waals surface area contributed by atoms with Crippen LogP contribution < -0.4 is 9.64 Å². The van der Waals surface area contributed by atoms with Gasteiger partial charge in [-0.05, 0) is 36.2 Å². The van der Waals surface area contributed by atoms with Gasteiger partial charge in [-0.15, -0.1) is 0 Å².